The first-order valence-corrected chi connectivity index (χ1v) is 10.5. The summed E-state index contributed by atoms with van der Waals surface area (Å²) in [4.78, 5) is 17.7. The highest BCUT2D eigenvalue weighted by Crippen LogP contribution is 2.39. The van der Waals surface area contributed by atoms with E-state index in [-0.39, 0.29) is 11.5 Å². The summed E-state index contributed by atoms with van der Waals surface area (Å²) < 4.78 is 0. The monoisotopic (exact) mass is 381 g/mol. The molecule has 2 bridgehead atoms. The van der Waals surface area contributed by atoms with Gasteiger partial charge in [0.05, 0.1) is 0 Å². The number of nitrogens with one attached hydrogen (secondary N) is 1. The summed E-state index contributed by atoms with van der Waals surface area (Å²) >= 11 is 1.71. The Bertz CT molecular complexity index is 873. The van der Waals surface area contributed by atoms with Crippen molar-refractivity contribution < 1.29 is 4.79 Å². The summed E-state index contributed by atoms with van der Waals surface area (Å²) in [5, 5.41) is 8.48. The number of rotatable bonds is 5. The molecule has 0 saturated carbocycles. The highest BCUT2D eigenvalue weighted by Gasteiger charge is 2.39. The number of anilines is 1. The van der Waals surface area contributed by atoms with Crippen molar-refractivity contribution in [2.24, 2.45) is 5.92 Å². The van der Waals surface area contributed by atoms with Gasteiger partial charge >= 0.3 is 0 Å². The van der Waals surface area contributed by atoms with Crippen LogP contribution >= 0.6 is 11.3 Å². The minimum absolute atomic E-state index is 0.0638. The number of hydrogen-bond donors (Lipinski definition) is 2. The van der Waals surface area contributed by atoms with Crippen molar-refractivity contribution in [3.05, 3.63) is 40.8 Å². The number of Topliss-reactive ketones (excluding diaryl/α,β-unsaturated/α-hetero) is 1. The van der Waals surface area contributed by atoms with Crippen molar-refractivity contribution in [3.63, 3.8) is 0 Å². The SMILES string of the molecule is Cc1ccc(-c2ccc(N)c(C(=N)C(=O)CC3CC4CCC(C3)N4C)c2)s1. The standard InChI is InChI=1S/C22H27N3OS/c1-13-3-8-21(27-13)15-4-7-19(23)18(12-15)22(24)20(26)11-14-9-16-5-6-17(10-14)25(16)2/h3-4,7-8,12,14,16-17,24H,5-6,9-11,23H2,1-2H3. The van der Waals surface area contributed by atoms with Gasteiger partial charge in [-0.25, -0.2) is 0 Å². The molecule has 0 amide bonds. The maximum atomic E-state index is 12.8. The number of nitrogens with two attached hydrogens (primary N) is 1. The topological polar surface area (TPSA) is 70.2 Å². The molecule has 2 saturated heterocycles. The van der Waals surface area contributed by atoms with E-state index in [9.17, 15) is 4.79 Å². The summed E-state index contributed by atoms with van der Waals surface area (Å²) in [5.74, 6) is 0.325. The third-order valence-electron chi connectivity index (χ3n) is 6.30. The fourth-order valence-electron chi connectivity index (χ4n) is 4.72. The van der Waals surface area contributed by atoms with Gasteiger partial charge in [-0.15, -0.1) is 11.3 Å². The Morgan fingerprint density at radius 3 is 2.56 bits per heavy atom. The normalized spacial score (nSPS) is 24.9. The molecule has 0 spiro atoms. The number of carbonyl (C=O) groups excluding carboxylic acids is 1. The number of fused-ring (bicyclic) bond motifs is 2. The largest absolute Gasteiger partial charge is 0.398 e. The van der Waals surface area contributed by atoms with Gasteiger partial charge in [0, 0.05) is 39.5 Å². The Hall–Kier alpha value is -1.98. The number of piperidine rings is 1. The quantitative estimate of drug-likeness (QED) is 0.591. The van der Waals surface area contributed by atoms with Crippen molar-refractivity contribution in [1.82, 2.24) is 4.90 Å². The summed E-state index contributed by atoms with van der Waals surface area (Å²) in [5.41, 5.74) is 8.28. The van der Waals surface area contributed by atoms with Crippen molar-refractivity contribution in [2.45, 2.75) is 51.1 Å². The van der Waals surface area contributed by atoms with E-state index in [0.29, 0.717) is 35.7 Å². The van der Waals surface area contributed by atoms with E-state index in [4.69, 9.17) is 11.1 Å². The van der Waals surface area contributed by atoms with Crippen LogP contribution < -0.4 is 5.73 Å². The number of hydrogen-bond acceptors (Lipinski definition) is 5. The Balaban J connectivity index is 1.49. The average Bonchev–Trinajstić information content (AvgIpc) is 3.14. The minimum atomic E-state index is -0.0739. The molecule has 1 aromatic heterocycles. The lowest BCUT2D eigenvalue weighted by atomic mass is 9.85. The smallest absolute Gasteiger partial charge is 0.181 e. The van der Waals surface area contributed by atoms with Gasteiger partial charge in [-0.3, -0.25) is 10.2 Å². The second kappa shape index (κ2) is 7.21. The molecule has 2 unspecified atom stereocenters. The van der Waals surface area contributed by atoms with Crippen LogP contribution in [0, 0.1) is 18.3 Å². The second-order valence-electron chi connectivity index (χ2n) is 8.10. The van der Waals surface area contributed by atoms with E-state index in [2.05, 4.69) is 31.0 Å². The molecule has 3 N–H and O–H groups in total. The Labute approximate surface area is 164 Å². The van der Waals surface area contributed by atoms with Crippen molar-refractivity contribution >= 4 is 28.5 Å². The van der Waals surface area contributed by atoms with E-state index in [0.717, 1.165) is 23.3 Å². The zero-order valence-corrected chi connectivity index (χ0v) is 16.8. The van der Waals surface area contributed by atoms with E-state index in [1.54, 1.807) is 11.3 Å². The summed E-state index contributed by atoms with van der Waals surface area (Å²) in [7, 11) is 2.21. The summed E-state index contributed by atoms with van der Waals surface area (Å²) in [6.45, 7) is 2.08. The number of nitrogens with zero attached hydrogens (tertiary/aromatic N) is 1. The number of nitrogen functional groups attached to an aromatic ring is 1. The highest BCUT2D eigenvalue weighted by atomic mass is 32.1. The summed E-state index contributed by atoms with van der Waals surface area (Å²) in [6.07, 6.45) is 5.13. The van der Waals surface area contributed by atoms with Crippen LogP contribution in [0.2, 0.25) is 0 Å². The molecule has 2 aromatic rings. The zero-order chi connectivity index (χ0) is 19.1. The lowest BCUT2D eigenvalue weighted by Gasteiger charge is -2.36. The van der Waals surface area contributed by atoms with Crippen LogP contribution in [0.1, 0.15) is 42.5 Å². The predicted octanol–water partition coefficient (Wildman–Crippen LogP) is 4.51. The molecule has 0 aliphatic carbocycles. The molecule has 142 valence electrons. The third kappa shape index (κ3) is 3.58. The van der Waals surface area contributed by atoms with E-state index >= 15 is 0 Å². The Morgan fingerprint density at radius 1 is 1.22 bits per heavy atom. The Morgan fingerprint density at radius 2 is 1.93 bits per heavy atom. The van der Waals surface area contributed by atoms with Gasteiger partial charge < -0.3 is 10.6 Å². The Kier molecular flexibility index (Phi) is 4.91. The molecule has 3 heterocycles. The molecular formula is C22H27N3OS. The van der Waals surface area contributed by atoms with Gasteiger partial charge in [-0.1, -0.05) is 6.07 Å². The van der Waals surface area contributed by atoms with E-state index in [1.165, 1.54) is 17.7 Å². The molecule has 2 aliphatic heterocycles. The third-order valence-corrected chi connectivity index (χ3v) is 7.35. The minimum Gasteiger partial charge on any atom is -0.398 e. The number of carbonyl (C=O) groups is 1. The number of thiophene rings is 1. The van der Waals surface area contributed by atoms with Crippen LogP contribution in [0.25, 0.3) is 10.4 Å². The molecule has 2 atom stereocenters. The second-order valence-corrected chi connectivity index (χ2v) is 9.39. The van der Waals surface area contributed by atoms with Crippen LogP contribution in [0.15, 0.2) is 30.3 Å². The van der Waals surface area contributed by atoms with Crippen molar-refractivity contribution in [1.29, 1.82) is 5.41 Å². The van der Waals surface area contributed by atoms with Gasteiger partial charge in [-0.05, 0) is 75.4 Å². The lowest BCUT2D eigenvalue weighted by molar-refractivity contribution is -0.114. The molecule has 0 radical (unpaired) electrons. The molecule has 4 rings (SSSR count). The lowest BCUT2D eigenvalue weighted by Crippen LogP contribution is -2.40. The van der Waals surface area contributed by atoms with Gasteiger partial charge in [0.15, 0.2) is 5.78 Å². The first kappa shape index (κ1) is 18.4. The summed E-state index contributed by atoms with van der Waals surface area (Å²) in [6, 6.07) is 11.1. The van der Waals surface area contributed by atoms with Crippen LogP contribution in [0.4, 0.5) is 5.69 Å². The molecule has 2 fully saturated rings. The maximum absolute atomic E-state index is 12.8. The van der Waals surface area contributed by atoms with Crippen molar-refractivity contribution in [2.75, 3.05) is 12.8 Å². The molecule has 4 nitrogen and oxygen atoms in total. The molecule has 27 heavy (non-hydrogen) atoms. The zero-order valence-electron chi connectivity index (χ0n) is 16.0. The first-order valence-electron chi connectivity index (χ1n) is 9.72. The molecule has 1 aromatic carbocycles. The first-order chi connectivity index (χ1) is 12.9. The van der Waals surface area contributed by atoms with E-state index < -0.39 is 0 Å². The van der Waals surface area contributed by atoms with Crippen LogP contribution in [-0.4, -0.2) is 35.5 Å². The molecular weight excluding hydrogens is 354 g/mol. The fourth-order valence-corrected chi connectivity index (χ4v) is 5.58. The van der Waals surface area contributed by atoms with Gasteiger partial charge in [0.1, 0.15) is 5.71 Å². The predicted molar refractivity (Wildman–Crippen MR) is 113 cm³/mol. The van der Waals surface area contributed by atoms with Gasteiger partial charge in [0.25, 0.3) is 0 Å². The molecule has 2 aliphatic rings. The fraction of sp³-hybridized carbons (Fsp3) is 0.455. The van der Waals surface area contributed by atoms with Crippen LogP contribution in [0.5, 0.6) is 0 Å². The van der Waals surface area contributed by atoms with Crippen LogP contribution in [0.3, 0.4) is 0 Å². The number of aryl methyl sites for hydroxylation is 1. The van der Waals surface area contributed by atoms with Gasteiger partial charge in [-0.2, -0.15) is 0 Å². The highest BCUT2D eigenvalue weighted by molar-refractivity contribution is 7.15. The number of ketones is 1. The van der Waals surface area contributed by atoms with E-state index in [1.807, 2.05) is 18.2 Å². The maximum Gasteiger partial charge on any atom is 0.181 e. The average molecular weight is 382 g/mol. The van der Waals surface area contributed by atoms with Gasteiger partial charge in [0.2, 0.25) is 0 Å². The van der Waals surface area contributed by atoms with Crippen molar-refractivity contribution in [3.8, 4) is 10.4 Å². The molecule has 5 heteroatoms. The number of benzene rings is 1. The van der Waals surface area contributed by atoms with Crippen LogP contribution in [-0.2, 0) is 4.79 Å².